The molecule has 0 amide bonds. The molecular weight excluding hydrogens is 303 g/mol. The Hall–Kier alpha value is -0.980. The molecule has 0 saturated carbocycles. The minimum absolute atomic E-state index is 0.0869. The van der Waals surface area contributed by atoms with Crippen molar-refractivity contribution >= 4 is 23.1 Å². The molecule has 1 heterocycles. The van der Waals surface area contributed by atoms with Crippen molar-refractivity contribution in [2.24, 2.45) is 0 Å². The average Bonchev–Trinajstić information content (AvgIpc) is 2.89. The van der Waals surface area contributed by atoms with E-state index in [0.717, 1.165) is 5.56 Å². The van der Waals surface area contributed by atoms with E-state index in [2.05, 4.69) is 18.3 Å². The van der Waals surface area contributed by atoms with Gasteiger partial charge in [0.2, 0.25) is 0 Å². The molecule has 108 valence electrons. The highest BCUT2D eigenvalue weighted by atomic mass is 32.2. The fraction of sp³-hybridized carbons (Fsp3) is 0.286. The zero-order valence-corrected chi connectivity index (χ0v) is 12.4. The fourth-order valence-corrected chi connectivity index (χ4v) is 3.02. The van der Waals surface area contributed by atoms with Gasteiger partial charge in [0.05, 0.1) is 0 Å². The molecule has 1 nitrogen and oxygen atoms in total. The first-order chi connectivity index (χ1) is 9.44. The van der Waals surface area contributed by atoms with Crippen LogP contribution < -0.4 is 5.32 Å². The Morgan fingerprint density at radius 3 is 2.45 bits per heavy atom. The van der Waals surface area contributed by atoms with Crippen LogP contribution in [-0.4, -0.2) is 5.51 Å². The normalized spacial score (nSPS) is 13.4. The highest BCUT2D eigenvalue weighted by Crippen LogP contribution is 2.36. The van der Waals surface area contributed by atoms with Gasteiger partial charge >= 0.3 is 5.51 Å². The minimum Gasteiger partial charge on any atom is -0.305 e. The van der Waals surface area contributed by atoms with E-state index in [1.807, 2.05) is 11.4 Å². The summed E-state index contributed by atoms with van der Waals surface area (Å²) in [7, 11) is 0. The second-order valence-electron chi connectivity index (χ2n) is 4.31. The second kappa shape index (κ2) is 6.65. The molecule has 6 heteroatoms. The van der Waals surface area contributed by atoms with Gasteiger partial charge in [-0.25, -0.2) is 0 Å². The van der Waals surface area contributed by atoms with Crippen molar-refractivity contribution in [3.05, 3.63) is 52.2 Å². The first-order valence-electron chi connectivity index (χ1n) is 6.05. The summed E-state index contributed by atoms with van der Waals surface area (Å²) in [6.45, 7) is 2.70. The van der Waals surface area contributed by atoms with Crippen LogP contribution in [0.25, 0.3) is 0 Å². The van der Waals surface area contributed by atoms with E-state index in [4.69, 9.17) is 0 Å². The van der Waals surface area contributed by atoms with Crippen molar-refractivity contribution in [3.63, 3.8) is 0 Å². The summed E-state index contributed by atoms with van der Waals surface area (Å²) in [5, 5.41) is 5.37. The third kappa shape index (κ3) is 4.85. The zero-order chi connectivity index (χ0) is 14.6. The van der Waals surface area contributed by atoms with Gasteiger partial charge in [-0.1, -0.05) is 18.2 Å². The van der Waals surface area contributed by atoms with Crippen molar-refractivity contribution in [2.45, 2.75) is 29.9 Å². The number of hydrogen-bond donors (Lipinski definition) is 1. The van der Waals surface area contributed by atoms with Gasteiger partial charge in [-0.2, -0.15) is 13.2 Å². The van der Waals surface area contributed by atoms with Gasteiger partial charge in [-0.15, -0.1) is 11.3 Å². The average molecular weight is 317 g/mol. The highest BCUT2D eigenvalue weighted by molar-refractivity contribution is 8.00. The molecule has 0 aliphatic heterocycles. The molecule has 0 spiro atoms. The second-order valence-corrected chi connectivity index (χ2v) is 6.43. The third-order valence-corrected chi connectivity index (χ3v) is 4.53. The number of rotatable bonds is 5. The van der Waals surface area contributed by atoms with Gasteiger partial charge in [0.25, 0.3) is 0 Å². The van der Waals surface area contributed by atoms with E-state index in [1.54, 1.807) is 23.5 Å². The summed E-state index contributed by atoms with van der Waals surface area (Å²) in [6.07, 6.45) is 0. The van der Waals surface area contributed by atoms with Gasteiger partial charge in [-0.05, 0) is 47.8 Å². The Bertz CT molecular complexity index is 520. The largest absolute Gasteiger partial charge is 0.446 e. The van der Waals surface area contributed by atoms with Crippen molar-refractivity contribution in [3.8, 4) is 0 Å². The molecule has 1 N–H and O–H groups in total. The molecule has 0 fully saturated rings. The van der Waals surface area contributed by atoms with Gasteiger partial charge in [-0.3, -0.25) is 0 Å². The van der Waals surface area contributed by atoms with Gasteiger partial charge in [0.15, 0.2) is 0 Å². The zero-order valence-electron chi connectivity index (χ0n) is 10.8. The maximum atomic E-state index is 12.2. The molecule has 20 heavy (non-hydrogen) atoms. The predicted octanol–water partition coefficient (Wildman–Crippen LogP) is 5.21. The van der Waals surface area contributed by atoms with Crippen LogP contribution in [-0.2, 0) is 6.54 Å². The fourth-order valence-electron chi connectivity index (χ4n) is 1.72. The predicted molar refractivity (Wildman–Crippen MR) is 77.9 cm³/mol. The Labute approximate surface area is 124 Å². The van der Waals surface area contributed by atoms with Crippen molar-refractivity contribution in [1.82, 2.24) is 5.32 Å². The van der Waals surface area contributed by atoms with Crippen LogP contribution in [0.4, 0.5) is 13.2 Å². The Kier molecular flexibility index (Phi) is 5.12. The smallest absolute Gasteiger partial charge is 0.305 e. The topological polar surface area (TPSA) is 12.0 Å². The SMILES string of the molecule is C[C@H](NCc1ccc(SC(F)(F)F)cc1)c1cccs1. The molecule has 1 atom stereocenters. The lowest BCUT2D eigenvalue weighted by Crippen LogP contribution is -2.17. The maximum Gasteiger partial charge on any atom is 0.446 e. The number of hydrogen-bond acceptors (Lipinski definition) is 3. The minimum atomic E-state index is -4.23. The molecule has 0 bridgehead atoms. The molecule has 0 radical (unpaired) electrons. The maximum absolute atomic E-state index is 12.2. The summed E-state index contributed by atoms with van der Waals surface area (Å²) in [5.74, 6) is 0. The van der Waals surface area contributed by atoms with Crippen LogP contribution in [0.15, 0.2) is 46.7 Å². The number of halogens is 3. The standard InChI is InChI=1S/C14H14F3NS2/c1-10(13-3-2-8-19-13)18-9-11-4-6-12(7-5-11)20-14(15,16)17/h2-8,10,18H,9H2,1H3/t10-/m0/s1. The van der Waals surface area contributed by atoms with Crippen molar-refractivity contribution in [1.29, 1.82) is 0 Å². The number of thiophene rings is 1. The third-order valence-electron chi connectivity index (χ3n) is 2.74. The lowest BCUT2D eigenvalue weighted by Gasteiger charge is -2.12. The molecule has 2 aromatic rings. The molecule has 1 aromatic carbocycles. The Morgan fingerprint density at radius 1 is 1.20 bits per heavy atom. The lowest BCUT2D eigenvalue weighted by molar-refractivity contribution is -0.0328. The van der Waals surface area contributed by atoms with Gasteiger partial charge < -0.3 is 5.32 Å². The number of thioether (sulfide) groups is 1. The van der Waals surface area contributed by atoms with Gasteiger partial charge in [0, 0.05) is 22.4 Å². The van der Waals surface area contributed by atoms with Crippen LogP contribution in [0.1, 0.15) is 23.4 Å². The summed E-state index contributed by atoms with van der Waals surface area (Å²) in [4.78, 5) is 1.46. The Balaban J connectivity index is 1.88. The van der Waals surface area contributed by atoms with E-state index < -0.39 is 5.51 Å². The lowest BCUT2D eigenvalue weighted by atomic mass is 10.2. The summed E-state index contributed by atoms with van der Waals surface area (Å²) in [6, 6.07) is 10.8. The van der Waals surface area contributed by atoms with E-state index >= 15 is 0 Å². The van der Waals surface area contributed by atoms with Crippen LogP contribution in [0.3, 0.4) is 0 Å². The molecule has 2 rings (SSSR count). The van der Waals surface area contributed by atoms with Crippen LogP contribution in [0.2, 0.25) is 0 Å². The van der Waals surface area contributed by atoms with E-state index in [0.29, 0.717) is 6.54 Å². The van der Waals surface area contributed by atoms with Crippen molar-refractivity contribution < 1.29 is 13.2 Å². The number of nitrogens with one attached hydrogen (secondary N) is 1. The first-order valence-corrected chi connectivity index (χ1v) is 7.75. The van der Waals surface area contributed by atoms with Crippen LogP contribution >= 0.6 is 23.1 Å². The molecular formula is C14H14F3NS2. The number of benzene rings is 1. The molecule has 0 aliphatic carbocycles. The van der Waals surface area contributed by atoms with Crippen LogP contribution in [0.5, 0.6) is 0 Å². The molecule has 1 aromatic heterocycles. The molecule has 0 unspecified atom stereocenters. The summed E-state index contributed by atoms with van der Waals surface area (Å²) in [5.41, 5.74) is -3.26. The highest BCUT2D eigenvalue weighted by Gasteiger charge is 2.28. The molecule has 0 saturated heterocycles. The summed E-state index contributed by atoms with van der Waals surface area (Å²) < 4.78 is 36.6. The van der Waals surface area contributed by atoms with Gasteiger partial charge in [0.1, 0.15) is 0 Å². The quantitative estimate of drug-likeness (QED) is 0.760. The van der Waals surface area contributed by atoms with Crippen LogP contribution in [0, 0.1) is 0 Å². The molecule has 0 aliphatic rings. The van der Waals surface area contributed by atoms with E-state index in [1.165, 1.54) is 17.0 Å². The number of alkyl halides is 3. The van der Waals surface area contributed by atoms with E-state index in [-0.39, 0.29) is 22.7 Å². The summed E-state index contributed by atoms with van der Waals surface area (Å²) >= 11 is 1.60. The van der Waals surface area contributed by atoms with Crippen molar-refractivity contribution in [2.75, 3.05) is 0 Å². The monoisotopic (exact) mass is 317 g/mol. The Morgan fingerprint density at radius 2 is 1.90 bits per heavy atom. The van der Waals surface area contributed by atoms with E-state index in [9.17, 15) is 13.2 Å². The first kappa shape index (κ1) is 15.4.